The molecular formula is C14H13ClN2O2. The van der Waals surface area contributed by atoms with Crippen LogP contribution in [0.5, 0.6) is 0 Å². The molecule has 2 N–H and O–H groups in total. The van der Waals surface area contributed by atoms with E-state index in [0.717, 1.165) is 5.69 Å². The molecule has 1 heterocycles. The number of carbonyl (C=O) groups is 1. The fraction of sp³-hybridized carbons (Fsp3) is 0.143. The van der Waals surface area contributed by atoms with Gasteiger partial charge in [0.1, 0.15) is 6.61 Å². The first-order chi connectivity index (χ1) is 9.04. The first-order valence-electron chi connectivity index (χ1n) is 5.70. The standard InChI is InChI=1S/C14H13ClN2O2/c1-9-3-2-4-13(17-9)8-19-14(18)10-5-11(15)7-12(16)6-10/h2-7H,8,16H2,1H3. The number of nitrogen functional groups attached to an aromatic ring is 1. The van der Waals surface area contributed by atoms with Gasteiger partial charge in [-0.05, 0) is 37.3 Å². The number of halogens is 1. The number of nitrogens with zero attached hydrogens (tertiary/aromatic N) is 1. The van der Waals surface area contributed by atoms with Crippen molar-refractivity contribution in [3.8, 4) is 0 Å². The van der Waals surface area contributed by atoms with Gasteiger partial charge in [0.2, 0.25) is 0 Å². The van der Waals surface area contributed by atoms with E-state index in [0.29, 0.717) is 22.0 Å². The second-order valence-electron chi connectivity index (χ2n) is 4.12. The van der Waals surface area contributed by atoms with Crippen LogP contribution >= 0.6 is 11.6 Å². The largest absolute Gasteiger partial charge is 0.456 e. The van der Waals surface area contributed by atoms with Crippen molar-refractivity contribution in [3.05, 3.63) is 58.4 Å². The Labute approximate surface area is 116 Å². The molecule has 0 saturated heterocycles. The summed E-state index contributed by atoms with van der Waals surface area (Å²) in [5.41, 5.74) is 7.95. The van der Waals surface area contributed by atoms with E-state index in [1.807, 2.05) is 19.1 Å². The van der Waals surface area contributed by atoms with E-state index in [1.54, 1.807) is 12.1 Å². The molecule has 0 atom stereocenters. The quantitative estimate of drug-likeness (QED) is 0.691. The first kappa shape index (κ1) is 13.4. The van der Waals surface area contributed by atoms with E-state index in [2.05, 4.69) is 4.98 Å². The summed E-state index contributed by atoms with van der Waals surface area (Å²) in [6.07, 6.45) is 0. The Hall–Kier alpha value is -2.07. The Bertz CT molecular complexity index is 594. The van der Waals surface area contributed by atoms with Crippen LogP contribution in [0.3, 0.4) is 0 Å². The zero-order valence-corrected chi connectivity index (χ0v) is 11.1. The average molecular weight is 277 g/mol. The predicted octanol–water partition coefficient (Wildman–Crippen LogP) is 2.98. The average Bonchev–Trinajstić information content (AvgIpc) is 2.35. The fourth-order valence-electron chi connectivity index (χ4n) is 1.63. The van der Waals surface area contributed by atoms with Crippen molar-refractivity contribution in [2.75, 3.05) is 5.73 Å². The molecule has 0 aliphatic heterocycles. The maximum absolute atomic E-state index is 11.8. The summed E-state index contributed by atoms with van der Waals surface area (Å²) in [7, 11) is 0. The molecule has 19 heavy (non-hydrogen) atoms. The van der Waals surface area contributed by atoms with E-state index in [9.17, 15) is 4.79 Å². The summed E-state index contributed by atoms with van der Waals surface area (Å²) in [5.74, 6) is -0.475. The molecule has 5 heteroatoms. The van der Waals surface area contributed by atoms with Gasteiger partial charge in [-0.1, -0.05) is 17.7 Å². The summed E-state index contributed by atoms with van der Waals surface area (Å²) in [6.45, 7) is 2.00. The van der Waals surface area contributed by atoms with Crippen LogP contribution in [-0.4, -0.2) is 11.0 Å². The number of aryl methyl sites for hydroxylation is 1. The molecule has 0 aliphatic rings. The molecule has 98 valence electrons. The Morgan fingerprint density at radius 1 is 1.37 bits per heavy atom. The smallest absolute Gasteiger partial charge is 0.338 e. The number of pyridine rings is 1. The molecule has 0 fully saturated rings. The molecule has 4 nitrogen and oxygen atoms in total. The molecule has 1 aromatic heterocycles. The highest BCUT2D eigenvalue weighted by Crippen LogP contribution is 2.17. The van der Waals surface area contributed by atoms with Crippen molar-refractivity contribution in [1.82, 2.24) is 4.98 Å². The topological polar surface area (TPSA) is 65.2 Å². The Morgan fingerprint density at radius 2 is 2.16 bits per heavy atom. The third-order valence-electron chi connectivity index (χ3n) is 2.45. The normalized spacial score (nSPS) is 10.2. The highest BCUT2D eigenvalue weighted by molar-refractivity contribution is 6.31. The van der Waals surface area contributed by atoms with Gasteiger partial charge in [0.15, 0.2) is 0 Å². The van der Waals surface area contributed by atoms with Gasteiger partial charge in [-0.3, -0.25) is 4.98 Å². The van der Waals surface area contributed by atoms with Crippen molar-refractivity contribution < 1.29 is 9.53 Å². The lowest BCUT2D eigenvalue weighted by Crippen LogP contribution is -2.07. The summed E-state index contributed by atoms with van der Waals surface area (Å²) < 4.78 is 5.16. The second kappa shape index (κ2) is 5.71. The number of esters is 1. The maximum Gasteiger partial charge on any atom is 0.338 e. The van der Waals surface area contributed by atoms with E-state index in [4.69, 9.17) is 22.1 Å². The minimum atomic E-state index is -0.475. The van der Waals surface area contributed by atoms with Crippen LogP contribution in [0.25, 0.3) is 0 Å². The monoisotopic (exact) mass is 276 g/mol. The molecule has 0 amide bonds. The number of carbonyl (C=O) groups excluding carboxylic acids is 1. The molecule has 0 spiro atoms. The molecule has 2 aromatic rings. The number of anilines is 1. The Morgan fingerprint density at radius 3 is 2.84 bits per heavy atom. The minimum Gasteiger partial charge on any atom is -0.456 e. The molecule has 2 rings (SSSR count). The van der Waals surface area contributed by atoms with E-state index < -0.39 is 5.97 Å². The molecule has 0 aliphatic carbocycles. The van der Waals surface area contributed by atoms with Crippen molar-refractivity contribution in [3.63, 3.8) is 0 Å². The van der Waals surface area contributed by atoms with Gasteiger partial charge in [0, 0.05) is 16.4 Å². The van der Waals surface area contributed by atoms with E-state index >= 15 is 0 Å². The number of rotatable bonds is 3. The van der Waals surface area contributed by atoms with Crippen LogP contribution in [0.1, 0.15) is 21.7 Å². The number of hydrogen-bond acceptors (Lipinski definition) is 4. The van der Waals surface area contributed by atoms with Gasteiger partial charge in [-0.2, -0.15) is 0 Å². The summed E-state index contributed by atoms with van der Waals surface area (Å²) in [5, 5.41) is 0.403. The fourth-order valence-corrected chi connectivity index (χ4v) is 1.88. The molecule has 0 saturated carbocycles. The van der Waals surface area contributed by atoms with Gasteiger partial charge in [-0.25, -0.2) is 4.79 Å². The third kappa shape index (κ3) is 3.69. The zero-order valence-electron chi connectivity index (χ0n) is 10.4. The zero-order chi connectivity index (χ0) is 13.8. The van der Waals surface area contributed by atoms with E-state index in [-0.39, 0.29) is 6.61 Å². The maximum atomic E-state index is 11.8. The van der Waals surface area contributed by atoms with Crippen LogP contribution in [0.15, 0.2) is 36.4 Å². The van der Waals surface area contributed by atoms with Crippen molar-refractivity contribution >= 4 is 23.3 Å². The lowest BCUT2D eigenvalue weighted by molar-refractivity contribution is 0.0467. The highest BCUT2D eigenvalue weighted by atomic mass is 35.5. The third-order valence-corrected chi connectivity index (χ3v) is 2.67. The van der Waals surface area contributed by atoms with Crippen LogP contribution in [0, 0.1) is 6.92 Å². The predicted molar refractivity (Wildman–Crippen MR) is 74.0 cm³/mol. The lowest BCUT2D eigenvalue weighted by Gasteiger charge is -2.06. The summed E-state index contributed by atoms with van der Waals surface area (Å²) in [6, 6.07) is 10.2. The van der Waals surface area contributed by atoms with Gasteiger partial charge in [0.05, 0.1) is 11.3 Å². The van der Waals surface area contributed by atoms with Crippen LogP contribution in [-0.2, 0) is 11.3 Å². The molecule has 0 radical (unpaired) electrons. The number of nitrogens with two attached hydrogens (primary N) is 1. The van der Waals surface area contributed by atoms with Gasteiger partial charge in [0.25, 0.3) is 0 Å². The van der Waals surface area contributed by atoms with E-state index in [1.165, 1.54) is 12.1 Å². The summed E-state index contributed by atoms with van der Waals surface area (Å²) >= 11 is 5.83. The van der Waals surface area contributed by atoms with Crippen LogP contribution in [0.2, 0.25) is 5.02 Å². The van der Waals surface area contributed by atoms with Gasteiger partial charge >= 0.3 is 5.97 Å². The first-order valence-corrected chi connectivity index (χ1v) is 6.08. The lowest BCUT2D eigenvalue weighted by atomic mass is 10.2. The van der Waals surface area contributed by atoms with Gasteiger partial charge < -0.3 is 10.5 Å². The highest BCUT2D eigenvalue weighted by Gasteiger charge is 2.09. The SMILES string of the molecule is Cc1cccc(COC(=O)c2cc(N)cc(Cl)c2)n1. The minimum absolute atomic E-state index is 0.118. The molecule has 0 bridgehead atoms. The van der Waals surface area contributed by atoms with Crippen molar-refractivity contribution in [2.24, 2.45) is 0 Å². The number of benzene rings is 1. The number of aromatic nitrogens is 1. The molecule has 1 aromatic carbocycles. The Kier molecular flexibility index (Phi) is 4.02. The van der Waals surface area contributed by atoms with Crippen LogP contribution in [0.4, 0.5) is 5.69 Å². The van der Waals surface area contributed by atoms with Crippen molar-refractivity contribution in [1.29, 1.82) is 0 Å². The van der Waals surface area contributed by atoms with Crippen molar-refractivity contribution in [2.45, 2.75) is 13.5 Å². The Balaban J connectivity index is 2.05. The van der Waals surface area contributed by atoms with Crippen LogP contribution < -0.4 is 5.73 Å². The van der Waals surface area contributed by atoms with Gasteiger partial charge in [-0.15, -0.1) is 0 Å². The second-order valence-corrected chi connectivity index (χ2v) is 4.56. The molecule has 0 unspecified atom stereocenters. The summed E-state index contributed by atoms with van der Waals surface area (Å²) in [4.78, 5) is 16.1. The number of hydrogen-bond donors (Lipinski definition) is 1. The number of ether oxygens (including phenoxy) is 1. The molecular weight excluding hydrogens is 264 g/mol.